The van der Waals surface area contributed by atoms with E-state index in [1.165, 1.54) is 25.1 Å². The number of hydrogen-bond acceptors (Lipinski definition) is 8. The molecule has 1 unspecified atom stereocenters. The zero-order valence-corrected chi connectivity index (χ0v) is 18.2. The number of carboxylic acid groups (broad SMARTS) is 2. The molecule has 0 bridgehead atoms. The van der Waals surface area contributed by atoms with Crippen molar-refractivity contribution in [2.75, 3.05) is 19.8 Å². The standard InChI is InChI=1S/C22H28N2O9.2Na.2H/c1-12(25)21(23)13-2-4-14(5-3-13)22(31)24-9-16(26)15-6-7-17(32-10-19(27)28)18(8-15)33-11-20(29)30;;;;/h6-8,13-14,21H,2-5,9-11,23H2,1H3,(H,24,31)(H,27,28)(H,29,30);;;;/t13-,14-,21?;;;;. The number of amides is 1. The van der Waals surface area contributed by atoms with Crippen LogP contribution in [-0.2, 0) is 19.2 Å². The third-order valence-electron chi connectivity index (χ3n) is 5.51. The molecule has 1 aromatic carbocycles. The molecule has 1 aromatic rings. The molecule has 184 valence electrons. The molecule has 0 aromatic heterocycles. The van der Waals surface area contributed by atoms with E-state index in [0.29, 0.717) is 25.7 Å². The minimum absolute atomic E-state index is 0. The van der Waals surface area contributed by atoms with E-state index < -0.39 is 37.0 Å². The number of carboxylic acids is 2. The number of ketones is 2. The SMILES string of the molecule is CC(=O)C(N)[C@H]1CC[C@H](C(=O)NCC(=O)c2ccc(OCC(=O)O)c(OCC(=O)O)c2)CC1.[NaH].[NaH]. The van der Waals surface area contributed by atoms with Crippen molar-refractivity contribution in [1.82, 2.24) is 5.32 Å². The van der Waals surface area contributed by atoms with Gasteiger partial charge in [-0.05, 0) is 56.7 Å². The van der Waals surface area contributed by atoms with Gasteiger partial charge in [0.1, 0.15) is 5.78 Å². The van der Waals surface area contributed by atoms with Gasteiger partial charge in [0.15, 0.2) is 30.5 Å². The summed E-state index contributed by atoms with van der Waals surface area (Å²) in [6.07, 6.45) is 2.48. The van der Waals surface area contributed by atoms with E-state index in [9.17, 15) is 24.0 Å². The van der Waals surface area contributed by atoms with Crippen LogP contribution in [0.1, 0.15) is 43.0 Å². The molecule has 1 atom stereocenters. The Labute approximate surface area is 247 Å². The number of carbonyl (C=O) groups is 5. The van der Waals surface area contributed by atoms with Crippen LogP contribution in [0, 0.1) is 11.8 Å². The van der Waals surface area contributed by atoms with Crippen LogP contribution in [0.3, 0.4) is 0 Å². The predicted molar refractivity (Wildman–Crippen MR) is 128 cm³/mol. The Bertz CT molecular complexity index is 918. The molecule has 35 heavy (non-hydrogen) atoms. The van der Waals surface area contributed by atoms with Crippen molar-refractivity contribution in [3.05, 3.63) is 23.8 Å². The monoisotopic (exact) mass is 512 g/mol. The fourth-order valence-corrected chi connectivity index (χ4v) is 3.68. The quantitative estimate of drug-likeness (QED) is 0.207. The van der Waals surface area contributed by atoms with Crippen molar-refractivity contribution in [1.29, 1.82) is 0 Å². The number of aliphatic carboxylic acids is 2. The fraction of sp³-hybridized carbons (Fsp3) is 0.500. The Morgan fingerprint density at radius 3 is 2.03 bits per heavy atom. The van der Waals surface area contributed by atoms with Crippen LogP contribution < -0.4 is 20.5 Å². The van der Waals surface area contributed by atoms with Crippen LogP contribution in [0.2, 0.25) is 0 Å². The molecule has 0 radical (unpaired) electrons. The first-order valence-corrected chi connectivity index (χ1v) is 10.5. The molecule has 0 saturated heterocycles. The summed E-state index contributed by atoms with van der Waals surface area (Å²) < 4.78 is 10.2. The van der Waals surface area contributed by atoms with Gasteiger partial charge < -0.3 is 30.7 Å². The molecule has 0 aliphatic heterocycles. The minimum atomic E-state index is -1.26. The summed E-state index contributed by atoms with van der Waals surface area (Å²) in [4.78, 5) is 57.9. The average Bonchev–Trinajstić information content (AvgIpc) is 2.79. The zero-order valence-electron chi connectivity index (χ0n) is 18.2. The van der Waals surface area contributed by atoms with Gasteiger partial charge in [-0.15, -0.1) is 0 Å². The summed E-state index contributed by atoms with van der Waals surface area (Å²) in [5, 5.41) is 20.2. The molecule has 1 fully saturated rings. The van der Waals surface area contributed by atoms with E-state index in [1.54, 1.807) is 0 Å². The Hall–Kier alpha value is -1.47. The molecular formula is C22H30N2Na2O9. The second-order valence-electron chi connectivity index (χ2n) is 7.92. The first-order chi connectivity index (χ1) is 15.6. The van der Waals surface area contributed by atoms with Crippen LogP contribution in [0.25, 0.3) is 0 Å². The number of nitrogens with two attached hydrogens (primary N) is 1. The summed E-state index contributed by atoms with van der Waals surface area (Å²) >= 11 is 0. The fourth-order valence-electron chi connectivity index (χ4n) is 3.68. The zero-order chi connectivity index (χ0) is 24.5. The van der Waals surface area contributed by atoms with Gasteiger partial charge in [0, 0.05) is 11.5 Å². The Kier molecular flexibility index (Phi) is 15.6. The van der Waals surface area contributed by atoms with E-state index >= 15 is 0 Å². The van der Waals surface area contributed by atoms with Crippen LogP contribution in [-0.4, -0.2) is 125 Å². The molecule has 1 aliphatic rings. The van der Waals surface area contributed by atoms with Gasteiger partial charge in [0.05, 0.1) is 12.6 Å². The molecule has 0 heterocycles. The molecule has 5 N–H and O–H groups in total. The maximum atomic E-state index is 12.5. The van der Waals surface area contributed by atoms with Crippen LogP contribution in [0.4, 0.5) is 0 Å². The van der Waals surface area contributed by atoms with Gasteiger partial charge in [0.25, 0.3) is 0 Å². The predicted octanol–water partition coefficient (Wildman–Crippen LogP) is -0.662. The molecule has 1 saturated carbocycles. The van der Waals surface area contributed by atoms with Crippen LogP contribution >= 0.6 is 0 Å². The van der Waals surface area contributed by atoms with Crippen LogP contribution in [0.5, 0.6) is 11.5 Å². The molecule has 11 nitrogen and oxygen atoms in total. The number of benzene rings is 1. The summed E-state index contributed by atoms with van der Waals surface area (Å²) in [6, 6.07) is 3.39. The number of ether oxygens (including phenoxy) is 2. The number of carbonyl (C=O) groups excluding carboxylic acids is 3. The first kappa shape index (κ1) is 33.5. The van der Waals surface area contributed by atoms with E-state index in [2.05, 4.69) is 5.32 Å². The summed E-state index contributed by atoms with van der Waals surface area (Å²) in [5.41, 5.74) is 6.03. The van der Waals surface area contributed by atoms with Crippen LogP contribution in [0.15, 0.2) is 18.2 Å². The van der Waals surface area contributed by atoms with Gasteiger partial charge in [-0.3, -0.25) is 14.4 Å². The summed E-state index contributed by atoms with van der Waals surface area (Å²) in [7, 11) is 0. The molecule has 1 aliphatic carbocycles. The summed E-state index contributed by atoms with van der Waals surface area (Å²) in [6.45, 7) is -0.211. The topological polar surface area (TPSA) is 182 Å². The average molecular weight is 512 g/mol. The van der Waals surface area contributed by atoms with E-state index in [1.807, 2.05) is 0 Å². The van der Waals surface area contributed by atoms with Gasteiger partial charge in [-0.25, -0.2) is 9.59 Å². The number of Topliss-reactive ketones (excluding diaryl/α,β-unsaturated/α-hetero) is 2. The number of rotatable bonds is 12. The molecule has 2 rings (SSSR count). The Morgan fingerprint density at radius 2 is 1.51 bits per heavy atom. The molecule has 1 amide bonds. The van der Waals surface area contributed by atoms with E-state index in [0.717, 1.165) is 0 Å². The van der Waals surface area contributed by atoms with Crippen molar-refractivity contribution in [2.24, 2.45) is 17.6 Å². The van der Waals surface area contributed by atoms with Crippen molar-refractivity contribution in [3.8, 4) is 11.5 Å². The van der Waals surface area contributed by atoms with Crippen molar-refractivity contribution < 1.29 is 43.7 Å². The molecule has 0 spiro atoms. The Morgan fingerprint density at radius 1 is 0.971 bits per heavy atom. The second-order valence-corrected chi connectivity index (χ2v) is 7.92. The third-order valence-corrected chi connectivity index (χ3v) is 5.51. The Balaban J connectivity index is 0.00000578. The maximum absolute atomic E-state index is 12.5. The van der Waals surface area contributed by atoms with Gasteiger partial charge in [-0.2, -0.15) is 0 Å². The van der Waals surface area contributed by atoms with Crippen molar-refractivity contribution in [3.63, 3.8) is 0 Å². The molecule has 13 heteroatoms. The van der Waals surface area contributed by atoms with E-state index in [-0.39, 0.29) is 106 Å². The van der Waals surface area contributed by atoms with Gasteiger partial charge in [-0.1, -0.05) is 0 Å². The van der Waals surface area contributed by atoms with Gasteiger partial charge >= 0.3 is 71.1 Å². The van der Waals surface area contributed by atoms with E-state index in [4.69, 9.17) is 25.4 Å². The van der Waals surface area contributed by atoms with Crippen molar-refractivity contribution >= 4 is 88.5 Å². The number of nitrogens with one attached hydrogen (secondary N) is 1. The molecular weight excluding hydrogens is 482 g/mol. The summed E-state index contributed by atoms with van der Waals surface area (Å²) in [5.74, 6) is -3.62. The normalized spacial score (nSPS) is 17.5. The second kappa shape index (κ2) is 16.3. The van der Waals surface area contributed by atoms with Crippen molar-refractivity contribution in [2.45, 2.75) is 38.6 Å². The number of hydrogen-bond donors (Lipinski definition) is 4. The van der Waals surface area contributed by atoms with Gasteiger partial charge in [0.2, 0.25) is 5.91 Å². The third kappa shape index (κ3) is 11.0. The first-order valence-electron chi connectivity index (χ1n) is 10.5.